The van der Waals surface area contributed by atoms with Crippen LogP contribution in [-0.4, -0.2) is 29.9 Å². The predicted molar refractivity (Wildman–Crippen MR) is 114 cm³/mol. The molecule has 2 aromatic carbocycles. The van der Waals surface area contributed by atoms with Gasteiger partial charge in [0.2, 0.25) is 5.91 Å². The number of hydrogen-bond donors (Lipinski definition) is 2. The molecule has 4 rings (SSSR count). The number of thiazole rings is 1. The highest BCUT2D eigenvalue weighted by atomic mass is 32.1. The third-order valence-corrected chi connectivity index (χ3v) is 5.56. The molecule has 7 heteroatoms. The molecule has 0 aliphatic carbocycles. The molecular formula is C22H21N3O3S. The van der Waals surface area contributed by atoms with Crippen LogP contribution in [0.3, 0.4) is 0 Å². The van der Waals surface area contributed by atoms with Crippen molar-refractivity contribution in [2.24, 2.45) is 0 Å². The molecular weight excluding hydrogens is 386 g/mol. The van der Waals surface area contributed by atoms with Crippen LogP contribution in [-0.2, 0) is 11.2 Å². The molecule has 1 aliphatic heterocycles. The van der Waals surface area contributed by atoms with Gasteiger partial charge < -0.3 is 15.4 Å². The highest BCUT2D eigenvalue weighted by Gasteiger charge is 2.15. The lowest BCUT2D eigenvalue weighted by Crippen LogP contribution is -2.28. The topological polar surface area (TPSA) is 80.3 Å². The third kappa shape index (κ3) is 4.63. The van der Waals surface area contributed by atoms with Gasteiger partial charge in [-0.25, -0.2) is 4.98 Å². The Morgan fingerprint density at radius 2 is 2.03 bits per heavy atom. The van der Waals surface area contributed by atoms with Gasteiger partial charge in [-0.2, -0.15) is 0 Å². The van der Waals surface area contributed by atoms with Crippen molar-refractivity contribution in [2.75, 3.05) is 18.5 Å². The number of carbonyl (C=O) groups excluding carboxylic acids is 2. The van der Waals surface area contributed by atoms with E-state index in [9.17, 15) is 9.59 Å². The number of amides is 2. The van der Waals surface area contributed by atoms with Crippen LogP contribution in [0, 0.1) is 6.92 Å². The van der Waals surface area contributed by atoms with Crippen LogP contribution in [0.15, 0.2) is 47.8 Å². The van der Waals surface area contributed by atoms with E-state index >= 15 is 0 Å². The molecule has 0 saturated carbocycles. The van der Waals surface area contributed by atoms with E-state index in [-0.39, 0.29) is 11.8 Å². The first-order valence-electron chi connectivity index (χ1n) is 9.45. The van der Waals surface area contributed by atoms with E-state index in [2.05, 4.69) is 15.6 Å². The minimum absolute atomic E-state index is 0.0430. The van der Waals surface area contributed by atoms with Crippen molar-refractivity contribution in [3.05, 3.63) is 64.7 Å². The number of fused-ring (bicyclic) bond motifs is 1. The summed E-state index contributed by atoms with van der Waals surface area (Å²) in [6.45, 7) is 2.77. The molecule has 1 aromatic heterocycles. The largest absolute Gasteiger partial charge is 0.492 e. The number of aryl methyl sites for hydroxylation is 2. The summed E-state index contributed by atoms with van der Waals surface area (Å²) in [4.78, 5) is 28.2. The van der Waals surface area contributed by atoms with Gasteiger partial charge in [0, 0.05) is 23.1 Å². The van der Waals surface area contributed by atoms with Gasteiger partial charge in [0.15, 0.2) is 0 Å². The Bertz CT molecular complexity index is 1040. The highest BCUT2D eigenvalue weighted by Crippen LogP contribution is 2.27. The monoisotopic (exact) mass is 407 g/mol. The molecule has 0 atom stereocenters. The molecule has 0 fully saturated rings. The standard InChI is InChI=1S/C22H21N3O3S/c1-14-2-4-15(5-3-14)22-25-19(13-29-22)21(27)23-10-11-28-17-7-8-18-16(12-17)6-9-20(26)24-18/h2-5,7-8,12-13H,6,9-11H2,1H3,(H,23,27)(H,24,26). The Morgan fingerprint density at radius 3 is 2.86 bits per heavy atom. The van der Waals surface area contributed by atoms with Gasteiger partial charge in [0.05, 0.1) is 6.54 Å². The average Bonchev–Trinajstić information content (AvgIpc) is 3.22. The number of aromatic nitrogens is 1. The van der Waals surface area contributed by atoms with Gasteiger partial charge in [-0.15, -0.1) is 11.3 Å². The second kappa shape index (κ2) is 8.45. The van der Waals surface area contributed by atoms with E-state index in [4.69, 9.17) is 4.74 Å². The number of carbonyl (C=O) groups is 2. The molecule has 2 N–H and O–H groups in total. The van der Waals surface area contributed by atoms with Crippen LogP contribution in [0.5, 0.6) is 5.75 Å². The first kappa shape index (κ1) is 19.1. The first-order chi connectivity index (χ1) is 14.1. The second-order valence-electron chi connectivity index (χ2n) is 6.88. The lowest BCUT2D eigenvalue weighted by molar-refractivity contribution is -0.116. The zero-order valence-electron chi connectivity index (χ0n) is 16.0. The fourth-order valence-electron chi connectivity index (χ4n) is 3.08. The summed E-state index contributed by atoms with van der Waals surface area (Å²) in [5.41, 5.74) is 4.51. The van der Waals surface area contributed by atoms with Crippen molar-refractivity contribution in [3.8, 4) is 16.3 Å². The Kier molecular flexibility index (Phi) is 5.57. The second-order valence-corrected chi connectivity index (χ2v) is 7.73. The van der Waals surface area contributed by atoms with Crippen LogP contribution < -0.4 is 15.4 Å². The van der Waals surface area contributed by atoms with E-state index in [1.807, 2.05) is 49.4 Å². The smallest absolute Gasteiger partial charge is 0.270 e. The van der Waals surface area contributed by atoms with Gasteiger partial charge in [-0.05, 0) is 37.1 Å². The van der Waals surface area contributed by atoms with Crippen LogP contribution >= 0.6 is 11.3 Å². The molecule has 0 bridgehead atoms. The Balaban J connectivity index is 1.27. The number of ether oxygens (including phenoxy) is 1. The molecule has 1 aliphatic rings. The maximum absolute atomic E-state index is 12.3. The molecule has 148 valence electrons. The van der Waals surface area contributed by atoms with Gasteiger partial charge in [0.1, 0.15) is 23.1 Å². The van der Waals surface area contributed by atoms with E-state index < -0.39 is 0 Å². The average molecular weight is 407 g/mol. The summed E-state index contributed by atoms with van der Waals surface area (Å²) in [5, 5.41) is 8.27. The molecule has 0 spiro atoms. The molecule has 2 heterocycles. The summed E-state index contributed by atoms with van der Waals surface area (Å²) < 4.78 is 5.73. The predicted octanol–water partition coefficient (Wildman–Crippen LogP) is 3.81. The quantitative estimate of drug-likeness (QED) is 0.609. The number of anilines is 1. The van der Waals surface area contributed by atoms with Crippen LogP contribution in [0.2, 0.25) is 0 Å². The van der Waals surface area contributed by atoms with Crippen LogP contribution in [0.1, 0.15) is 28.0 Å². The van der Waals surface area contributed by atoms with E-state index in [1.165, 1.54) is 16.9 Å². The fraction of sp³-hybridized carbons (Fsp3) is 0.227. The van der Waals surface area contributed by atoms with Crippen molar-refractivity contribution in [1.82, 2.24) is 10.3 Å². The molecule has 0 unspecified atom stereocenters. The van der Waals surface area contributed by atoms with Crippen molar-refractivity contribution in [2.45, 2.75) is 19.8 Å². The van der Waals surface area contributed by atoms with Gasteiger partial charge >= 0.3 is 0 Å². The number of hydrogen-bond acceptors (Lipinski definition) is 5. The maximum Gasteiger partial charge on any atom is 0.270 e. The van der Waals surface area contributed by atoms with Crippen molar-refractivity contribution in [3.63, 3.8) is 0 Å². The van der Waals surface area contributed by atoms with E-state index in [0.29, 0.717) is 31.7 Å². The molecule has 3 aromatic rings. The van der Waals surface area contributed by atoms with E-state index in [1.54, 1.807) is 5.38 Å². The van der Waals surface area contributed by atoms with E-state index in [0.717, 1.165) is 27.6 Å². The molecule has 0 saturated heterocycles. The van der Waals surface area contributed by atoms with Crippen molar-refractivity contribution >= 4 is 28.8 Å². The summed E-state index contributed by atoms with van der Waals surface area (Å²) in [5.74, 6) is 0.558. The molecule has 0 radical (unpaired) electrons. The normalized spacial score (nSPS) is 12.8. The maximum atomic E-state index is 12.3. The Labute approximate surface area is 172 Å². The summed E-state index contributed by atoms with van der Waals surface area (Å²) >= 11 is 1.45. The fourth-order valence-corrected chi connectivity index (χ4v) is 3.89. The van der Waals surface area contributed by atoms with Gasteiger partial charge in [-0.1, -0.05) is 29.8 Å². The summed E-state index contributed by atoms with van der Waals surface area (Å²) in [6, 6.07) is 13.7. The van der Waals surface area contributed by atoms with Crippen LogP contribution in [0.4, 0.5) is 5.69 Å². The lowest BCUT2D eigenvalue weighted by atomic mass is 10.0. The Morgan fingerprint density at radius 1 is 1.21 bits per heavy atom. The summed E-state index contributed by atoms with van der Waals surface area (Å²) in [6.07, 6.45) is 1.20. The highest BCUT2D eigenvalue weighted by molar-refractivity contribution is 7.13. The lowest BCUT2D eigenvalue weighted by Gasteiger charge is -2.17. The Hall–Kier alpha value is -3.19. The summed E-state index contributed by atoms with van der Waals surface area (Å²) in [7, 11) is 0. The number of nitrogens with one attached hydrogen (secondary N) is 2. The zero-order valence-corrected chi connectivity index (χ0v) is 16.8. The van der Waals surface area contributed by atoms with Crippen molar-refractivity contribution < 1.29 is 14.3 Å². The number of benzene rings is 2. The zero-order chi connectivity index (χ0) is 20.2. The van der Waals surface area contributed by atoms with Gasteiger partial charge in [-0.3, -0.25) is 9.59 Å². The minimum atomic E-state index is -0.212. The molecule has 29 heavy (non-hydrogen) atoms. The first-order valence-corrected chi connectivity index (χ1v) is 10.3. The SMILES string of the molecule is Cc1ccc(-c2nc(C(=O)NCCOc3ccc4c(c3)CCC(=O)N4)cs2)cc1. The van der Waals surface area contributed by atoms with Crippen molar-refractivity contribution in [1.29, 1.82) is 0 Å². The molecule has 2 amide bonds. The molecule has 6 nitrogen and oxygen atoms in total. The number of rotatable bonds is 6. The minimum Gasteiger partial charge on any atom is -0.492 e. The van der Waals surface area contributed by atoms with Crippen LogP contribution in [0.25, 0.3) is 10.6 Å². The number of nitrogens with zero attached hydrogens (tertiary/aromatic N) is 1. The third-order valence-electron chi connectivity index (χ3n) is 4.66. The van der Waals surface area contributed by atoms with Gasteiger partial charge in [0.25, 0.3) is 5.91 Å².